The van der Waals surface area contributed by atoms with Crippen LogP contribution in [0.15, 0.2) is 103 Å². The SMILES string of the molecule is C=CCCC1(c2ccc3cc(OC(F)(F)F)ccc3c2)C(F)=CC(c2ccccc2)C=C1F. The van der Waals surface area contributed by atoms with Gasteiger partial charge in [0, 0.05) is 5.92 Å². The molecule has 3 aromatic carbocycles. The third-order valence-corrected chi connectivity index (χ3v) is 5.91. The lowest BCUT2D eigenvalue weighted by Gasteiger charge is -2.35. The van der Waals surface area contributed by atoms with Gasteiger partial charge in [-0.25, -0.2) is 8.78 Å². The summed E-state index contributed by atoms with van der Waals surface area (Å²) in [6.45, 7) is 3.68. The summed E-state index contributed by atoms with van der Waals surface area (Å²) >= 11 is 0. The predicted octanol–water partition coefficient (Wildman–Crippen LogP) is 8.45. The third kappa shape index (κ3) is 4.56. The molecule has 0 fully saturated rings. The van der Waals surface area contributed by atoms with Crippen LogP contribution >= 0.6 is 0 Å². The minimum Gasteiger partial charge on any atom is -0.406 e. The second kappa shape index (κ2) is 8.85. The molecule has 0 amide bonds. The fourth-order valence-electron chi connectivity index (χ4n) is 4.29. The molecule has 0 N–H and O–H groups in total. The van der Waals surface area contributed by atoms with Crippen molar-refractivity contribution >= 4 is 10.8 Å². The molecular weight excluding hydrogens is 435 g/mol. The van der Waals surface area contributed by atoms with E-state index in [1.165, 1.54) is 30.4 Å². The maximum Gasteiger partial charge on any atom is 0.573 e. The topological polar surface area (TPSA) is 9.23 Å². The normalized spacial score (nSPS) is 20.8. The number of alkyl halides is 3. The van der Waals surface area contributed by atoms with E-state index < -0.39 is 29.3 Å². The van der Waals surface area contributed by atoms with Gasteiger partial charge >= 0.3 is 6.36 Å². The van der Waals surface area contributed by atoms with Crippen LogP contribution in [0.2, 0.25) is 0 Å². The van der Waals surface area contributed by atoms with Crippen LogP contribution in [-0.2, 0) is 5.41 Å². The second-order valence-electron chi connectivity index (χ2n) is 7.97. The van der Waals surface area contributed by atoms with Gasteiger partial charge in [0.15, 0.2) is 0 Å². The fraction of sp³-hybridized carbons (Fsp3) is 0.185. The number of benzene rings is 3. The van der Waals surface area contributed by atoms with Crippen molar-refractivity contribution in [3.8, 4) is 5.75 Å². The summed E-state index contributed by atoms with van der Waals surface area (Å²) in [7, 11) is 0. The van der Waals surface area contributed by atoms with Crippen molar-refractivity contribution in [2.75, 3.05) is 0 Å². The molecule has 0 saturated heterocycles. The Balaban J connectivity index is 1.77. The summed E-state index contributed by atoms with van der Waals surface area (Å²) in [5.41, 5.74) is -0.458. The van der Waals surface area contributed by atoms with E-state index in [0.29, 0.717) is 22.8 Å². The maximum atomic E-state index is 15.7. The lowest BCUT2D eigenvalue weighted by molar-refractivity contribution is -0.274. The van der Waals surface area contributed by atoms with E-state index in [1.807, 2.05) is 30.3 Å². The summed E-state index contributed by atoms with van der Waals surface area (Å²) in [5.74, 6) is -2.10. The number of hydrogen-bond donors (Lipinski definition) is 0. The van der Waals surface area contributed by atoms with Gasteiger partial charge in [-0.2, -0.15) is 0 Å². The molecule has 3 aromatic rings. The van der Waals surface area contributed by atoms with E-state index in [0.717, 1.165) is 5.56 Å². The number of allylic oxidation sites excluding steroid dienone is 5. The Hall–Kier alpha value is -3.41. The lowest BCUT2D eigenvalue weighted by atomic mass is 9.70. The highest BCUT2D eigenvalue weighted by Crippen LogP contribution is 2.50. The van der Waals surface area contributed by atoms with Crippen LogP contribution in [0.5, 0.6) is 5.75 Å². The van der Waals surface area contributed by atoms with E-state index in [2.05, 4.69) is 11.3 Å². The Kier molecular flexibility index (Phi) is 6.11. The molecular formula is C27H21F5O. The number of rotatable bonds is 6. The van der Waals surface area contributed by atoms with Crippen LogP contribution in [-0.4, -0.2) is 6.36 Å². The molecule has 0 unspecified atom stereocenters. The summed E-state index contributed by atoms with van der Waals surface area (Å²) in [6.07, 6.45) is 0.144. The first-order chi connectivity index (χ1) is 15.7. The Morgan fingerprint density at radius 2 is 1.52 bits per heavy atom. The molecule has 170 valence electrons. The third-order valence-electron chi connectivity index (χ3n) is 5.91. The van der Waals surface area contributed by atoms with Crippen molar-refractivity contribution in [1.82, 2.24) is 0 Å². The van der Waals surface area contributed by atoms with Gasteiger partial charge in [0.25, 0.3) is 0 Å². The molecule has 0 radical (unpaired) electrons. The Bertz CT molecular complexity index is 1200. The van der Waals surface area contributed by atoms with Gasteiger partial charge in [0.1, 0.15) is 17.4 Å². The van der Waals surface area contributed by atoms with Crippen molar-refractivity contribution < 1.29 is 26.7 Å². The predicted molar refractivity (Wildman–Crippen MR) is 119 cm³/mol. The smallest absolute Gasteiger partial charge is 0.406 e. The van der Waals surface area contributed by atoms with Gasteiger partial charge < -0.3 is 4.74 Å². The highest BCUT2D eigenvalue weighted by atomic mass is 19.4. The van der Waals surface area contributed by atoms with Gasteiger partial charge in [0.2, 0.25) is 0 Å². The highest BCUT2D eigenvalue weighted by molar-refractivity contribution is 5.85. The van der Waals surface area contributed by atoms with Crippen LogP contribution in [0, 0.1) is 0 Å². The van der Waals surface area contributed by atoms with Gasteiger partial charge in [-0.15, -0.1) is 19.8 Å². The van der Waals surface area contributed by atoms with Gasteiger partial charge in [-0.05, 0) is 65.1 Å². The summed E-state index contributed by atoms with van der Waals surface area (Å²) in [6, 6.07) is 17.7. The van der Waals surface area contributed by atoms with Crippen molar-refractivity contribution in [3.05, 3.63) is 114 Å². The van der Waals surface area contributed by atoms with Crippen LogP contribution < -0.4 is 4.74 Å². The molecule has 0 aromatic heterocycles. The Morgan fingerprint density at radius 1 is 0.879 bits per heavy atom. The van der Waals surface area contributed by atoms with Crippen molar-refractivity contribution in [1.29, 1.82) is 0 Å². The molecule has 0 saturated carbocycles. The number of hydrogen-bond acceptors (Lipinski definition) is 1. The monoisotopic (exact) mass is 456 g/mol. The molecule has 0 atom stereocenters. The van der Waals surface area contributed by atoms with Crippen molar-refractivity contribution in [3.63, 3.8) is 0 Å². The van der Waals surface area contributed by atoms with E-state index in [9.17, 15) is 13.2 Å². The fourth-order valence-corrected chi connectivity index (χ4v) is 4.29. The van der Waals surface area contributed by atoms with Gasteiger partial charge in [-0.3, -0.25) is 0 Å². The van der Waals surface area contributed by atoms with E-state index >= 15 is 8.78 Å². The lowest BCUT2D eigenvalue weighted by Crippen LogP contribution is -2.31. The quantitative estimate of drug-likeness (QED) is 0.267. The summed E-state index contributed by atoms with van der Waals surface area (Å²) in [4.78, 5) is 0. The van der Waals surface area contributed by atoms with E-state index in [-0.39, 0.29) is 12.2 Å². The number of ether oxygens (including phenoxy) is 1. The Labute approximate surface area is 188 Å². The molecule has 0 heterocycles. The van der Waals surface area contributed by atoms with Crippen LogP contribution in [0.4, 0.5) is 22.0 Å². The number of halogens is 5. The molecule has 1 nitrogen and oxygen atoms in total. The van der Waals surface area contributed by atoms with E-state index in [1.54, 1.807) is 24.3 Å². The average molecular weight is 456 g/mol. The van der Waals surface area contributed by atoms with Crippen LogP contribution in [0.25, 0.3) is 10.8 Å². The van der Waals surface area contributed by atoms with E-state index in [4.69, 9.17) is 0 Å². The summed E-state index contributed by atoms with van der Waals surface area (Å²) < 4.78 is 73.1. The molecule has 33 heavy (non-hydrogen) atoms. The molecule has 0 spiro atoms. The van der Waals surface area contributed by atoms with Gasteiger partial charge in [0.05, 0.1) is 5.41 Å². The first kappa shape index (κ1) is 22.8. The standard InChI is InChI=1S/C27H21F5O/c1-2-3-13-26(24(28)16-21(17-25(26)29)18-7-5-4-6-8-18)22-11-9-20-15-23(33-27(30,31)32)12-10-19(20)14-22/h2,4-12,14-17,21H,1,3,13H2. The molecule has 1 aliphatic carbocycles. The van der Waals surface area contributed by atoms with Crippen LogP contribution in [0.3, 0.4) is 0 Å². The zero-order valence-corrected chi connectivity index (χ0v) is 17.6. The summed E-state index contributed by atoms with van der Waals surface area (Å²) in [5, 5.41) is 1.01. The second-order valence-corrected chi connectivity index (χ2v) is 7.97. The highest BCUT2D eigenvalue weighted by Gasteiger charge is 2.44. The first-order valence-corrected chi connectivity index (χ1v) is 10.4. The number of fused-ring (bicyclic) bond motifs is 1. The van der Waals surface area contributed by atoms with Crippen LogP contribution in [0.1, 0.15) is 29.9 Å². The van der Waals surface area contributed by atoms with Crippen molar-refractivity contribution in [2.45, 2.75) is 30.5 Å². The molecule has 0 aliphatic heterocycles. The maximum absolute atomic E-state index is 15.7. The average Bonchev–Trinajstić information content (AvgIpc) is 2.78. The minimum atomic E-state index is -4.80. The zero-order chi connectivity index (χ0) is 23.6. The molecule has 1 aliphatic rings. The molecule has 4 rings (SSSR count). The van der Waals surface area contributed by atoms with Gasteiger partial charge in [-0.1, -0.05) is 54.6 Å². The molecule has 6 heteroatoms. The van der Waals surface area contributed by atoms with Crippen molar-refractivity contribution in [2.24, 2.45) is 0 Å². The molecule has 0 bridgehead atoms. The first-order valence-electron chi connectivity index (χ1n) is 10.4. The minimum absolute atomic E-state index is 0.128. The largest absolute Gasteiger partial charge is 0.573 e. The Morgan fingerprint density at radius 3 is 2.15 bits per heavy atom. The zero-order valence-electron chi connectivity index (χ0n) is 17.6.